The standard InChI is InChI=1S/C33H50O6/c1-22-17-23(2)19-28(35)31-33(5,39-31)21-29(27(34)15-14-24-9-8-16-32(3,4)20-24)38-30(36)13-7-11-25-10-6-12-26(18-22)37-25/h6-7,10,13-15,22,24-29,31,34-35H,2,8-9,11-12,16-21H2,1,3-5H3/b13-7-,15-14+/t22?,24?,25?,26-,27?,28-,29?,31?,33-/m0/s1. The number of hydrogen-bond donors (Lipinski definition) is 2. The Kier molecular flexibility index (Phi) is 9.96. The van der Waals surface area contributed by atoms with Crippen molar-refractivity contribution in [1.29, 1.82) is 0 Å². The van der Waals surface area contributed by atoms with Crippen molar-refractivity contribution in [3.05, 3.63) is 48.6 Å². The van der Waals surface area contributed by atoms with Crippen molar-refractivity contribution in [2.75, 3.05) is 0 Å². The molecule has 6 heteroatoms. The molecule has 0 aromatic carbocycles. The first-order valence-electron chi connectivity index (χ1n) is 15.0. The Morgan fingerprint density at radius 3 is 2.72 bits per heavy atom. The van der Waals surface area contributed by atoms with Gasteiger partial charge in [-0.25, -0.2) is 4.79 Å². The van der Waals surface area contributed by atoms with E-state index in [-0.39, 0.29) is 18.3 Å². The van der Waals surface area contributed by atoms with E-state index in [4.69, 9.17) is 14.2 Å². The van der Waals surface area contributed by atoms with E-state index in [9.17, 15) is 15.0 Å². The van der Waals surface area contributed by atoms with Gasteiger partial charge in [-0.3, -0.25) is 0 Å². The summed E-state index contributed by atoms with van der Waals surface area (Å²) in [5.41, 5.74) is 0.622. The second-order valence-corrected chi connectivity index (χ2v) is 13.6. The second kappa shape index (κ2) is 12.8. The number of aliphatic hydroxyl groups is 2. The van der Waals surface area contributed by atoms with Crippen molar-refractivity contribution >= 4 is 5.97 Å². The van der Waals surface area contributed by atoms with Gasteiger partial charge in [0.25, 0.3) is 0 Å². The van der Waals surface area contributed by atoms with Crippen LogP contribution in [-0.2, 0) is 19.0 Å². The number of ether oxygens (including phenoxy) is 3. The molecule has 1 saturated heterocycles. The zero-order valence-corrected chi connectivity index (χ0v) is 24.4. The van der Waals surface area contributed by atoms with Crippen LogP contribution in [0.2, 0.25) is 0 Å². The van der Waals surface area contributed by atoms with Gasteiger partial charge in [0.2, 0.25) is 0 Å². The van der Waals surface area contributed by atoms with E-state index < -0.39 is 29.9 Å². The summed E-state index contributed by atoms with van der Waals surface area (Å²) in [6.07, 6.45) is 17.1. The Morgan fingerprint density at radius 2 is 1.95 bits per heavy atom. The predicted octanol–water partition coefficient (Wildman–Crippen LogP) is 5.98. The van der Waals surface area contributed by atoms with Gasteiger partial charge in [-0.15, -0.1) is 0 Å². The summed E-state index contributed by atoms with van der Waals surface area (Å²) in [7, 11) is 0. The molecule has 0 aromatic heterocycles. The van der Waals surface area contributed by atoms with Crippen LogP contribution in [0, 0.1) is 17.3 Å². The van der Waals surface area contributed by atoms with Crippen LogP contribution >= 0.6 is 0 Å². The van der Waals surface area contributed by atoms with Gasteiger partial charge in [-0.05, 0) is 75.5 Å². The summed E-state index contributed by atoms with van der Waals surface area (Å²) in [4.78, 5) is 12.8. The number of rotatable bonds is 3. The van der Waals surface area contributed by atoms with E-state index >= 15 is 0 Å². The minimum absolute atomic E-state index is 0.0764. The average Bonchev–Trinajstić information content (AvgIpc) is 3.52. The van der Waals surface area contributed by atoms with Crippen LogP contribution in [0.5, 0.6) is 0 Å². The molecular formula is C33H50O6. The first-order chi connectivity index (χ1) is 18.4. The maximum absolute atomic E-state index is 12.8. The maximum Gasteiger partial charge on any atom is 0.330 e. The summed E-state index contributed by atoms with van der Waals surface area (Å²) in [5, 5.41) is 22.1. The molecule has 3 heterocycles. The number of allylic oxidation sites excluding steroid dienone is 1. The molecule has 0 spiro atoms. The number of esters is 1. The predicted molar refractivity (Wildman–Crippen MR) is 153 cm³/mol. The van der Waals surface area contributed by atoms with E-state index in [1.807, 2.05) is 6.92 Å². The van der Waals surface area contributed by atoms with Crippen molar-refractivity contribution < 1.29 is 29.2 Å². The quantitative estimate of drug-likeness (QED) is 0.259. The van der Waals surface area contributed by atoms with Crippen LogP contribution in [0.1, 0.15) is 91.9 Å². The summed E-state index contributed by atoms with van der Waals surface area (Å²) >= 11 is 0. The van der Waals surface area contributed by atoms with Crippen LogP contribution in [0.4, 0.5) is 0 Å². The number of hydrogen-bond acceptors (Lipinski definition) is 6. The highest BCUT2D eigenvalue weighted by Crippen LogP contribution is 2.45. The smallest absolute Gasteiger partial charge is 0.330 e. The van der Waals surface area contributed by atoms with Crippen molar-refractivity contribution in [3.8, 4) is 0 Å². The SMILES string of the molecule is C=C1CC(C)C[C@@H]2CC=CC(C/C=C\C(=O)OC(C(O)/C=C/C3CCCC(C)(C)C3)C[C@]3(C)OC3[C@@H](O)C1)O2. The molecule has 3 aliphatic heterocycles. The number of fused-ring (bicyclic) bond motifs is 3. The summed E-state index contributed by atoms with van der Waals surface area (Å²) in [6.45, 7) is 13.0. The van der Waals surface area contributed by atoms with E-state index in [0.29, 0.717) is 36.5 Å². The lowest BCUT2D eigenvalue weighted by atomic mass is 9.72. The Hall–Kier alpha value is -1.73. The number of cyclic esters (lactones) is 1. The Labute approximate surface area is 235 Å². The Balaban J connectivity index is 1.48. The molecule has 9 atom stereocenters. The first kappa shape index (κ1) is 30.2. The largest absolute Gasteiger partial charge is 0.456 e. The Morgan fingerprint density at radius 1 is 1.15 bits per heavy atom. The molecule has 4 aliphatic rings. The molecule has 0 radical (unpaired) electrons. The lowest BCUT2D eigenvalue weighted by molar-refractivity contribution is -0.148. The highest BCUT2D eigenvalue weighted by atomic mass is 16.6. The first-order valence-corrected chi connectivity index (χ1v) is 15.0. The number of carbonyl (C=O) groups excluding carboxylic acids is 1. The topological polar surface area (TPSA) is 88.5 Å². The van der Waals surface area contributed by atoms with Gasteiger partial charge in [0.15, 0.2) is 0 Å². The van der Waals surface area contributed by atoms with Crippen molar-refractivity contribution in [2.45, 2.75) is 134 Å². The van der Waals surface area contributed by atoms with E-state index in [1.54, 1.807) is 12.2 Å². The second-order valence-electron chi connectivity index (χ2n) is 13.6. The summed E-state index contributed by atoms with van der Waals surface area (Å²) < 4.78 is 18.1. The highest BCUT2D eigenvalue weighted by Gasteiger charge is 2.57. The lowest BCUT2D eigenvalue weighted by Gasteiger charge is -2.34. The fourth-order valence-corrected chi connectivity index (χ4v) is 6.87. The molecule has 218 valence electrons. The molecule has 6 unspecified atom stereocenters. The van der Waals surface area contributed by atoms with Gasteiger partial charge in [0, 0.05) is 12.5 Å². The van der Waals surface area contributed by atoms with Gasteiger partial charge < -0.3 is 24.4 Å². The zero-order valence-electron chi connectivity index (χ0n) is 24.4. The maximum atomic E-state index is 12.8. The normalized spacial score (nSPS) is 41.6. The highest BCUT2D eigenvalue weighted by molar-refractivity contribution is 5.82. The Bertz CT molecular complexity index is 950. The molecule has 0 aromatic rings. The van der Waals surface area contributed by atoms with E-state index in [1.165, 1.54) is 18.9 Å². The van der Waals surface area contributed by atoms with Crippen LogP contribution in [0.3, 0.4) is 0 Å². The number of epoxide rings is 1. The third-order valence-electron chi connectivity index (χ3n) is 8.91. The molecule has 1 saturated carbocycles. The minimum atomic E-state index is -0.960. The van der Waals surface area contributed by atoms with Crippen molar-refractivity contribution in [3.63, 3.8) is 0 Å². The summed E-state index contributed by atoms with van der Waals surface area (Å²) in [6, 6.07) is 0. The molecule has 39 heavy (non-hydrogen) atoms. The molecule has 2 N–H and O–H groups in total. The van der Waals surface area contributed by atoms with Gasteiger partial charge in [-0.1, -0.05) is 69.7 Å². The van der Waals surface area contributed by atoms with E-state index in [0.717, 1.165) is 37.7 Å². The van der Waals surface area contributed by atoms with Crippen LogP contribution in [0.15, 0.2) is 48.6 Å². The summed E-state index contributed by atoms with van der Waals surface area (Å²) in [5.74, 6) is 0.298. The monoisotopic (exact) mass is 542 g/mol. The van der Waals surface area contributed by atoms with Gasteiger partial charge in [0.05, 0.1) is 23.9 Å². The van der Waals surface area contributed by atoms with Crippen LogP contribution < -0.4 is 0 Å². The minimum Gasteiger partial charge on any atom is -0.456 e. The molecule has 2 fully saturated rings. The molecular weight excluding hydrogens is 492 g/mol. The third-order valence-corrected chi connectivity index (χ3v) is 8.91. The van der Waals surface area contributed by atoms with Gasteiger partial charge in [-0.2, -0.15) is 0 Å². The van der Waals surface area contributed by atoms with Crippen LogP contribution in [0.25, 0.3) is 0 Å². The average molecular weight is 543 g/mol. The zero-order chi connectivity index (χ0) is 28.2. The van der Waals surface area contributed by atoms with Gasteiger partial charge in [0.1, 0.15) is 18.3 Å². The lowest BCUT2D eigenvalue weighted by Crippen LogP contribution is -2.36. The molecule has 4 rings (SSSR count). The molecule has 1 aliphatic carbocycles. The molecule has 2 bridgehead atoms. The van der Waals surface area contributed by atoms with E-state index in [2.05, 4.69) is 45.6 Å². The fraction of sp³-hybridized carbons (Fsp3) is 0.727. The molecule has 6 nitrogen and oxygen atoms in total. The third kappa shape index (κ3) is 8.88. The fourth-order valence-electron chi connectivity index (χ4n) is 6.87. The number of aliphatic hydroxyl groups excluding tert-OH is 2. The van der Waals surface area contributed by atoms with Crippen LogP contribution in [-0.4, -0.2) is 58.4 Å². The molecule has 0 amide bonds. The van der Waals surface area contributed by atoms with Crippen molar-refractivity contribution in [1.82, 2.24) is 0 Å². The van der Waals surface area contributed by atoms with Gasteiger partial charge >= 0.3 is 5.97 Å². The van der Waals surface area contributed by atoms with Crippen molar-refractivity contribution in [2.24, 2.45) is 17.3 Å². The number of carbonyl (C=O) groups is 1.